The molecule has 4 aromatic rings. The standard InChI is InChI=1S/C38H39Cl2N3O8/c1-47-29-6-4-5-28(18-29)43(38(45)51-36-23-41-15-13-25(36)14-16-41)20-24-7-9-26(10-8-24)37(44)50-34(19-30-31(39)21-42(46)22-32(30)40)27-11-12-33(48-2)35(17-27)49-3/h4-12,17-18,21-22,25,34,36H,13-16,19-20,23H2,1-3H3/t34?,36-/m0/s1. The van der Waals surface area contributed by atoms with Crippen molar-refractivity contribution in [3.8, 4) is 17.2 Å². The van der Waals surface area contributed by atoms with E-state index in [0.29, 0.717) is 44.7 Å². The number of carbonyl (C=O) groups excluding carboxylic acids is 2. The zero-order valence-electron chi connectivity index (χ0n) is 28.6. The van der Waals surface area contributed by atoms with Crippen LogP contribution in [0.2, 0.25) is 10.0 Å². The predicted octanol–water partition coefficient (Wildman–Crippen LogP) is 7.03. The summed E-state index contributed by atoms with van der Waals surface area (Å²) < 4.78 is 29.0. The van der Waals surface area contributed by atoms with E-state index in [1.165, 1.54) is 26.6 Å². The monoisotopic (exact) mass is 735 g/mol. The molecule has 0 spiro atoms. The number of halogens is 2. The highest BCUT2D eigenvalue weighted by molar-refractivity contribution is 6.35. The van der Waals surface area contributed by atoms with Crippen LogP contribution >= 0.6 is 23.2 Å². The number of piperidine rings is 3. The van der Waals surface area contributed by atoms with Crippen LogP contribution < -0.4 is 23.8 Å². The Bertz CT molecular complexity index is 1840. The van der Waals surface area contributed by atoms with Crippen molar-refractivity contribution in [1.82, 2.24) is 4.90 Å². The number of anilines is 1. The summed E-state index contributed by atoms with van der Waals surface area (Å²) in [5, 5.41) is 12.2. The fourth-order valence-corrected chi connectivity index (χ4v) is 7.19. The third kappa shape index (κ3) is 8.44. The molecule has 0 radical (unpaired) electrons. The molecule has 2 bridgehead atoms. The molecular formula is C38H39Cl2N3O8. The first-order valence-corrected chi connectivity index (χ1v) is 17.3. The lowest BCUT2D eigenvalue weighted by Crippen LogP contribution is -2.53. The van der Waals surface area contributed by atoms with Gasteiger partial charge < -0.3 is 28.9 Å². The van der Waals surface area contributed by atoms with Crippen LogP contribution in [-0.4, -0.2) is 64.0 Å². The van der Waals surface area contributed by atoms with E-state index in [-0.39, 0.29) is 34.7 Å². The lowest BCUT2D eigenvalue weighted by molar-refractivity contribution is -0.605. The van der Waals surface area contributed by atoms with Gasteiger partial charge in [-0.15, -0.1) is 0 Å². The molecule has 0 aliphatic carbocycles. The maximum Gasteiger partial charge on any atom is 0.414 e. The van der Waals surface area contributed by atoms with E-state index in [0.717, 1.165) is 38.0 Å². The fourth-order valence-electron chi connectivity index (χ4n) is 6.59. The number of aromatic nitrogens is 1. The SMILES string of the molecule is COc1cccc(N(Cc2ccc(C(=O)OC(Cc3c(Cl)c[n+]([O-])cc3Cl)c3ccc(OC)c(OC)c3)cc2)C(=O)O[C@H]2CN3CCC2CC3)c1. The van der Waals surface area contributed by atoms with Crippen LogP contribution in [0.4, 0.5) is 10.5 Å². The molecule has 3 saturated heterocycles. The Kier molecular flexibility index (Phi) is 11.4. The number of pyridine rings is 1. The highest BCUT2D eigenvalue weighted by atomic mass is 35.5. The van der Waals surface area contributed by atoms with Crippen molar-refractivity contribution in [3.05, 3.63) is 117 Å². The van der Waals surface area contributed by atoms with Gasteiger partial charge in [-0.1, -0.05) is 47.5 Å². The van der Waals surface area contributed by atoms with Gasteiger partial charge in [0.05, 0.1) is 39.1 Å². The largest absolute Gasteiger partial charge is 0.619 e. The molecule has 0 N–H and O–H groups in total. The minimum Gasteiger partial charge on any atom is -0.619 e. The minimum atomic E-state index is -0.862. The Labute approximate surface area is 306 Å². The average molecular weight is 737 g/mol. The van der Waals surface area contributed by atoms with Crippen LogP contribution in [-0.2, 0) is 22.4 Å². The molecular weight excluding hydrogens is 697 g/mol. The van der Waals surface area contributed by atoms with E-state index in [2.05, 4.69) is 4.90 Å². The third-order valence-corrected chi connectivity index (χ3v) is 10.1. The van der Waals surface area contributed by atoms with Gasteiger partial charge in [-0.3, -0.25) is 9.80 Å². The van der Waals surface area contributed by atoms with Crippen LogP contribution in [0.5, 0.6) is 17.2 Å². The van der Waals surface area contributed by atoms with Crippen molar-refractivity contribution in [2.24, 2.45) is 5.92 Å². The zero-order chi connectivity index (χ0) is 36.1. The first-order valence-electron chi connectivity index (χ1n) is 16.6. The van der Waals surface area contributed by atoms with E-state index < -0.39 is 18.2 Å². The fraction of sp³-hybridized carbons (Fsp3) is 0.342. The van der Waals surface area contributed by atoms with Crippen molar-refractivity contribution >= 4 is 41.0 Å². The van der Waals surface area contributed by atoms with E-state index in [1.807, 2.05) is 18.2 Å². The van der Waals surface area contributed by atoms with Gasteiger partial charge in [-0.25, -0.2) is 9.59 Å². The Hall–Kier alpha value is -4.71. The summed E-state index contributed by atoms with van der Waals surface area (Å²) in [6, 6.07) is 19.3. The molecule has 268 valence electrons. The summed E-state index contributed by atoms with van der Waals surface area (Å²) in [5.74, 6) is 1.31. The molecule has 3 aromatic carbocycles. The second kappa shape index (κ2) is 16.1. The normalized spacial score (nSPS) is 18.4. The van der Waals surface area contributed by atoms with E-state index in [4.69, 9.17) is 46.9 Å². The molecule has 1 aromatic heterocycles. The summed E-state index contributed by atoms with van der Waals surface area (Å²) in [5.41, 5.74) is 2.72. The molecule has 4 heterocycles. The number of fused-ring (bicyclic) bond motifs is 3. The molecule has 0 saturated carbocycles. The number of carbonyl (C=O) groups is 2. The zero-order valence-corrected chi connectivity index (χ0v) is 30.1. The first-order chi connectivity index (χ1) is 24.6. The Morgan fingerprint density at radius 2 is 1.63 bits per heavy atom. The summed E-state index contributed by atoms with van der Waals surface area (Å²) in [6.07, 6.45) is 3.04. The molecule has 7 rings (SSSR count). The lowest BCUT2D eigenvalue weighted by Gasteiger charge is -2.44. The van der Waals surface area contributed by atoms with Crippen LogP contribution in [0, 0.1) is 11.1 Å². The van der Waals surface area contributed by atoms with Gasteiger partial charge in [0.25, 0.3) is 0 Å². The van der Waals surface area contributed by atoms with Gasteiger partial charge >= 0.3 is 12.1 Å². The molecule has 1 amide bonds. The molecule has 11 nitrogen and oxygen atoms in total. The van der Waals surface area contributed by atoms with Crippen LogP contribution in [0.1, 0.15) is 46.0 Å². The third-order valence-electron chi connectivity index (χ3n) is 9.44. The van der Waals surface area contributed by atoms with E-state index in [1.54, 1.807) is 60.5 Å². The van der Waals surface area contributed by atoms with Gasteiger partial charge in [0.1, 0.15) is 28.0 Å². The summed E-state index contributed by atoms with van der Waals surface area (Å²) in [6.45, 7) is 3.01. The number of benzene rings is 3. The Morgan fingerprint density at radius 3 is 2.25 bits per heavy atom. The van der Waals surface area contributed by atoms with Crippen molar-refractivity contribution in [2.45, 2.75) is 38.0 Å². The second-order valence-electron chi connectivity index (χ2n) is 12.5. The van der Waals surface area contributed by atoms with Crippen LogP contribution in [0.3, 0.4) is 0 Å². The van der Waals surface area contributed by atoms with Gasteiger partial charge in [0.15, 0.2) is 23.9 Å². The second-order valence-corrected chi connectivity index (χ2v) is 13.4. The number of ether oxygens (including phenoxy) is 5. The van der Waals surface area contributed by atoms with E-state index >= 15 is 0 Å². The molecule has 3 aliphatic rings. The van der Waals surface area contributed by atoms with Gasteiger partial charge in [0, 0.05) is 24.6 Å². The van der Waals surface area contributed by atoms with Gasteiger partial charge in [0.2, 0.25) is 0 Å². The predicted molar refractivity (Wildman–Crippen MR) is 192 cm³/mol. The van der Waals surface area contributed by atoms with Gasteiger partial charge in [-0.2, -0.15) is 4.73 Å². The Morgan fingerprint density at radius 1 is 0.922 bits per heavy atom. The number of esters is 1. The molecule has 51 heavy (non-hydrogen) atoms. The first kappa shape index (κ1) is 36.1. The average Bonchev–Trinajstić information content (AvgIpc) is 3.15. The number of hydrogen-bond donors (Lipinski definition) is 0. The smallest absolute Gasteiger partial charge is 0.414 e. The number of nitrogens with zero attached hydrogens (tertiary/aromatic N) is 3. The molecule has 1 unspecified atom stereocenters. The molecule has 3 aliphatic heterocycles. The van der Waals surface area contributed by atoms with Crippen molar-refractivity contribution in [1.29, 1.82) is 0 Å². The molecule has 2 atom stereocenters. The summed E-state index contributed by atoms with van der Waals surface area (Å²) >= 11 is 12.8. The van der Waals surface area contributed by atoms with E-state index in [9.17, 15) is 14.8 Å². The minimum absolute atomic E-state index is 0.0784. The maximum absolute atomic E-state index is 13.7. The van der Waals surface area contributed by atoms with Crippen LogP contribution in [0.25, 0.3) is 0 Å². The quantitative estimate of drug-likeness (QED) is 0.0860. The summed E-state index contributed by atoms with van der Waals surface area (Å²) in [4.78, 5) is 31.3. The highest BCUT2D eigenvalue weighted by Gasteiger charge is 2.37. The van der Waals surface area contributed by atoms with Crippen molar-refractivity contribution in [3.63, 3.8) is 0 Å². The maximum atomic E-state index is 13.7. The molecule has 3 fully saturated rings. The number of hydrogen-bond acceptors (Lipinski definition) is 9. The summed E-state index contributed by atoms with van der Waals surface area (Å²) in [7, 11) is 4.61. The molecule has 13 heteroatoms. The number of amides is 1. The van der Waals surface area contributed by atoms with Crippen LogP contribution in [0.15, 0.2) is 79.1 Å². The highest BCUT2D eigenvalue weighted by Crippen LogP contribution is 2.36. The van der Waals surface area contributed by atoms with Crippen molar-refractivity contribution < 1.29 is 38.0 Å². The topological polar surface area (TPSA) is 114 Å². The lowest BCUT2D eigenvalue weighted by atomic mass is 9.86. The van der Waals surface area contributed by atoms with Crippen molar-refractivity contribution in [2.75, 3.05) is 45.9 Å². The Balaban J connectivity index is 1.22. The number of methoxy groups -OCH3 is 3. The number of rotatable bonds is 12. The van der Waals surface area contributed by atoms with Gasteiger partial charge in [-0.05, 0) is 79.4 Å².